The molecule has 27 rings (SSSR count). The third-order valence-electron chi connectivity index (χ3n) is 21.8. The highest BCUT2D eigenvalue weighted by atomic mass is 14.3. The van der Waals surface area contributed by atoms with Gasteiger partial charge in [0.25, 0.3) is 0 Å². The summed E-state index contributed by atoms with van der Waals surface area (Å²) in [7, 11) is 0. The molecular formula is C144H96. The zero-order chi connectivity index (χ0) is 179. The summed E-state index contributed by atoms with van der Waals surface area (Å²) in [5, 5.41) is -14.8. The Bertz CT molecular complexity index is 15700. The van der Waals surface area contributed by atoms with Crippen LogP contribution < -0.4 is 0 Å². The van der Waals surface area contributed by atoms with Crippen LogP contribution in [-0.2, 0) is 0 Å². The van der Waals surface area contributed by atoms with Gasteiger partial charge < -0.3 is 0 Å². The van der Waals surface area contributed by atoms with E-state index < -0.39 is 844 Å². The van der Waals surface area contributed by atoms with Crippen LogP contribution in [0, 0.1) is 0 Å². The molecule has 0 spiro atoms. The molecule has 0 aliphatic rings. The van der Waals surface area contributed by atoms with E-state index in [-0.39, 0.29) is 0 Å². The largest absolute Gasteiger partial charge is 0.0636 e. The molecule has 0 unspecified atom stereocenters. The van der Waals surface area contributed by atoms with Crippen molar-refractivity contribution in [3.63, 3.8) is 0 Å². The summed E-state index contributed by atoms with van der Waals surface area (Å²) in [6.07, 6.45) is 0. The van der Waals surface area contributed by atoms with E-state index in [0.29, 0.717) is 0 Å². The van der Waals surface area contributed by atoms with Gasteiger partial charge in [-0.05, 0) is 312 Å². The van der Waals surface area contributed by atoms with Gasteiger partial charge in [-0.2, -0.15) is 0 Å². The molecule has 672 valence electrons. The molecule has 0 amide bonds. The minimum absolute atomic E-state index is 0.625. The first-order valence-corrected chi connectivity index (χ1v) is 42.0. The van der Waals surface area contributed by atoms with E-state index in [1.165, 1.54) is 0 Å². The monoisotopic (exact) mass is 1920 g/mol. The molecular weight excluding hydrogens is 1730 g/mol. The molecule has 0 heteroatoms. The summed E-state index contributed by atoms with van der Waals surface area (Å²) in [6, 6.07) is -100. The van der Waals surface area contributed by atoms with E-state index >= 15 is 0 Å². The molecule has 0 fully saturated rings. The molecule has 0 radical (unpaired) electrons. The average molecular weight is 1920 g/mol. The molecule has 0 bridgehead atoms. The fourth-order valence-corrected chi connectivity index (χ4v) is 15.6. The average Bonchev–Trinajstić information content (AvgIpc) is 0.682. The SMILES string of the molecule is [2H]c1c([2H])c([2H])c(-c2c([2H])c([2H])c(-c3c([2H])c([2H])c([2H])c(-c4c5c([2H])c([2H])c([2H])c([2H])c5c(-c5c([2H])c([2H])c([2H])c([2H])c5[2H])c5c([2H])c(-c6c([2H])c([2H])c7c([2H])c([2H])c([2H])c([2H])c7c6[2H])c([2H])c([2H])c45)c3[2H])c([2H])c2[2H])c([2H])c1[2H].[2H]c1c([2H])c([2H])c(-c2c([2H])c([2H])c(-c3c([2H])c([2H])c([2H])c(-c4c5c([2H])c([2H])c([2H])c([2H])c5c(-c5c([2H])c([2H])c([2H])c([2H])c5[2H])c5c([2H])c([2H])c(-c6c([2H])c([2H])c([2H])c7c([2H])c([2H])c([2H])c([2H])c67)c([2H])c45)c3[2H])c([2H])c2[2H])c([2H])c1[2H].[2H]c1c([2H])c([2H])c(-c2c([2H])c([2H])c(-c3c([2H])c([2H])c([2H])c(-c4c5c([2H])c([2H])c([2H])c([2H])c5c(-c5c([2H])c([2H])c([2H])c([2H])c5[2H])c5c([2H])c([2H])c(-c6c([2H])c([2H])c7c([2H])c([2H])c([2H])c([2H])c7c6[2H])c([2H])c45)c3[2H])c([2H])c2[2H])c([2H])c1[2H]. The summed E-state index contributed by atoms with van der Waals surface area (Å²) >= 11 is 0. The molecule has 0 aliphatic heterocycles. The smallest absolute Gasteiger partial charge is 0.0622 e. The standard InChI is InChI=1S/3C48H32/c1-3-13-33(14-4-1)34-25-27-35(28-26-34)38-19-11-20-40(31-38)48-44-23-10-9-22-43(44)47(37-16-5-2-6-17-37)45-30-29-39(32-46(45)48)42-24-12-18-36-15-7-8-21-41(36)42;1-3-12-33(13-4-1)35-22-24-36(25-23-35)39-18-11-19-42(31-39)48-44-21-10-9-20-43(44)47(37-15-5-2-6-16-37)46-32-41(28-29-45(46)48)40-27-26-34-14-7-8-17-38(34)30-40;1-3-12-33(13-4-1)35-22-24-36(25-23-35)39-18-11-19-42(31-39)48-44-21-10-9-20-43(44)47(37-15-5-2-6-16-37)45-29-28-41(32-46(45)48)40-27-26-34-14-7-8-17-38(34)30-40/h3*1-32H/i3*1D,2D,3D,4D,5D,6D,7D,8D,9D,10D,11D,12D,13D,14D,15D,16D,17D,18D,19D,20D,21D,22D,23D,24D,25D,26D,27D,28D,29D,30D,31D,32D. The van der Waals surface area contributed by atoms with Crippen LogP contribution in [0.25, 0.3) is 264 Å². The summed E-state index contributed by atoms with van der Waals surface area (Å²) < 4.78 is 863. The van der Waals surface area contributed by atoms with Gasteiger partial charge in [0.1, 0.15) is 0 Å². The highest BCUT2D eigenvalue weighted by Crippen LogP contribution is 2.51. The molecule has 0 aromatic heterocycles. The van der Waals surface area contributed by atoms with Crippen molar-refractivity contribution in [1.82, 2.24) is 0 Å². The zero-order valence-electron chi connectivity index (χ0n) is 168. The van der Waals surface area contributed by atoms with Crippen LogP contribution in [0.5, 0.6) is 0 Å². The fraction of sp³-hybridized carbons (Fsp3) is 0. The first kappa shape index (κ1) is 32.2. The van der Waals surface area contributed by atoms with Gasteiger partial charge in [0.15, 0.2) is 0 Å². The Kier molecular flexibility index (Phi) is 8.62. The number of fused-ring (bicyclic) bond motifs is 9. The third kappa shape index (κ3) is 16.9. The number of benzene rings is 27. The van der Waals surface area contributed by atoms with Gasteiger partial charge in [-0.15, -0.1) is 0 Å². The lowest BCUT2D eigenvalue weighted by atomic mass is 9.84. The van der Waals surface area contributed by atoms with Crippen molar-refractivity contribution in [3.05, 3.63) is 580 Å². The summed E-state index contributed by atoms with van der Waals surface area (Å²) in [5.74, 6) is 0. The van der Waals surface area contributed by atoms with Crippen molar-refractivity contribution in [3.8, 4) is 167 Å². The molecule has 0 heterocycles. The molecule has 27 aromatic rings. The van der Waals surface area contributed by atoms with Gasteiger partial charge in [0, 0.05) is 0 Å². The lowest BCUT2D eigenvalue weighted by molar-refractivity contribution is 1.58. The van der Waals surface area contributed by atoms with Gasteiger partial charge in [-0.3, -0.25) is 0 Å². The summed E-state index contributed by atoms with van der Waals surface area (Å²) in [4.78, 5) is 0. The van der Waals surface area contributed by atoms with Gasteiger partial charge in [-0.1, -0.05) is 532 Å². The molecule has 27 aromatic carbocycles. The number of hydrogen-bond acceptors (Lipinski definition) is 0. The summed E-state index contributed by atoms with van der Waals surface area (Å²) in [6.45, 7) is 0. The van der Waals surface area contributed by atoms with Crippen molar-refractivity contribution < 1.29 is 132 Å². The highest BCUT2D eigenvalue weighted by molar-refractivity contribution is 6.26. The van der Waals surface area contributed by atoms with Crippen LogP contribution >= 0.6 is 0 Å². The predicted octanol–water partition coefficient (Wildman–Crippen LogP) is 40.4. The van der Waals surface area contributed by atoms with Crippen molar-refractivity contribution in [2.45, 2.75) is 0 Å². The molecule has 0 atom stereocenters. The number of rotatable bonds is 15. The van der Waals surface area contributed by atoms with Crippen LogP contribution in [0.15, 0.2) is 580 Å². The van der Waals surface area contributed by atoms with Gasteiger partial charge in [0.05, 0.1) is 132 Å². The zero-order valence-corrected chi connectivity index (χ0v) is 72.0. The Morgan fingerprint density at radius 3 is 0.597 bits per heavy atom. The van der Waals surface area contributed by atoms with Crippen LogP contribution in [0.4, 0.5) is 0 Å². The van der Waals surface area contributed by atoms with E-state index in [0.717, 1.165) is 0 Å². The molecule has 144 heavy (non-hydrogen) atoms. The van der Waals surface area contributed by atoms with Crippen molar-refractivity contribution in [2.24, 2.45) is 0 Å². The fourth-order valence-electron chi connectivity index (χ4n) is 15.6. The summed E-state index contributed by atoms with van der Waals surface area (Å²) in [5.41, 5.74) is -27.4. The second-order valence-corrected chi connectivity index (χ2v) is 30.0. The lowest BCUT2D eigenvalue weighted by Crippen LogP contribution is -1.92. The highest BCUT2D eigenvalue weighted by Gasteiger charge is 2.24. The van der Waals surface area contributed by atoms with Crippen molar-refractivity contribution in [1.29, 1.82) is 0 Å². The Balaban J connectivity index is 0.000000168. The predicted molar refractivity (Wildman–Crippen MR) is 618 cm³/mol. The third-order valence-corrected chi connectivity index (χ3v) is 21.8. The van der Waals surface area contributed by atoms with E-state index in [1.54, 1.807) is 0 Å². The second-order valence-electron chi connectivity index (χ2n) is 30.0. The molecule has 0 aliphatic carbocycles. The van der Waals surface area contributed by atoms with Crippen molar-refractivity contribution in [2.75, 3.05) is 0 Å². The van der Waals surface area contributed by atoms with Gasteiger partial charge >= 0.3 is 0 Å². The maximum absolute atomic E-state index is 10.2. The molecule has 0 saturated carbocycles. The minimum atomic E-state index is -1.23. The maximum atomic E-state index is 10.2. The lowest BCUT2D eigenvalue weighted by Gasteiger charge is -2.19. The van der Waals surface area contributed by atoms with E-state index in [2.05, 4.69) is 0 Å². The van der Waals surface area contributed by atoms with E-state index in [4.69, 9.17) is 83.6 Å². The first-order chi connectivity index (χ1) is 111. The first-order valence-electron chi connectivity index (χ1n) is 90.0. The van der Waals surface area contributed by atoms with Gasteiger partial charge in [-0.25, -0.2) is 0 Å². The topological polar surface area (TPSA) is 0 Å². The Labute approximate surface area is 974 Å². The molecule has 0 nitrogen and oxygen atoms in total. The number of hydrogen-bond donors (Lipinski definition) is 0. The van der Waals surface area contributed by atoms with Crippen LogP contribution in [0.3, 0.4) is 0 Å². The van der Waals surface area contributed by atoms with Crippen LogP contribution in [0.2, 0.25) is 0 Å². The molecule has 0 saturated heterocycles. The quantitative estimate of drug-likeness (QED) is 0.0898. The Morgan fingerprint density at radius 1 is 0.0833 bits per heavy atom. The maximum Gasteiger partial charge on any atom is 0.0636 e. The second kappa shape index (κ2) is 38.6. The van der Waals surface area contributed by atoms with E-state index in [1.807, 2.05) is 0 Å². The van der Waals surface area contributed by atoms with Crippen LogP contribution in [0.1, 0.15) is 132 Å². The minimum Gasteiger partial charge on any atom is -0.0622 e. The molecule has 0 N–H and O–H groups in total. The Hall–Kier alpha value is -18.7. The normalized spacial score (nSPS) is 20.7. The Morgan fingerprint density at radius 2 is 0.264 bits per heavy atom. The van der Waals surface area contributed by atoms with Gasteiger partial charge in [0.2, 0.25) is 0 Å². The van der Waals surface area contributed by atoms with Crippen molar-refractivity contribution >= 4 is 97.0 Å². The van der Waals surface area contributed by atoms with E-state index in [9.17, 15) is 48.0 Å². The van der Waals surface area contributed by atoms with Crippen LogP contribution in [-0.4, -0.2) is 0 Å².